The molecule has 0 aliphatic heterocycles. The van der Waals surface area contributed by atoms with Crippen molar-refractivity contribution in [2.24, 2.45) is 5.92 Å². The van der Waals surface area contributed by atoms with Crippen molar-refractivity contribution < 1.29 is 34.0 Å². The Labute approximate surface area is 240 Å². The average Bonchev–Trinajstić information content (AvgIpc) is 2.90. The van der Waals surface area contributed by atoms with E-state index in [1.54, 1.807) is 27.7 Å². The highest BCUT2D eigenvalue weighted by Crippen LogP contribution is 2.22. The van der Waals surface area contributed by atoms with Gasteiger partial charge in [0.05, 0.1) is 12.7 Å². The van der Waals surface area contributed by atoms with Crippen LogP contribution in [0.4, 0.5) is 4.79 Å². The second-order valence-corrected chi connectivity index (χ2v) is 11.0. The number of nitrogens with one attached hydrogen (secondary N) is 1. The van der Waals surface area contributed by atoms with Crippen LogP contribution in [0.1, 0.15) is 85.1 Å². The van der Waals surface area contributed by atoms with Gasteiger partial charge in [-0.3, -0.25) is 0 Å². The molecule has 1 aromatic rings. The molecule has 2 rings (SSSR count). The minimum atomic E-state index is -0.801. The van der Waals surface area contributed by atoms with Gasteiger partial charge in [-0.2, -0.15) is 0 Å². The van der Waals surface area contributed by atoms with Crippen LogP contribution in [0.25, 0.3) is 0 Å². The molecule has 8 nitrogen and oxygen atoms in total. The summed E-state index contributed by atoms with van der Waals surface area (Å²) in [5.41, 5.74) is 1.42. The van der Waals surface area contributed by atoms with Gasteiger partial charge in [0.15, 0.2) is 0 Å². The molecule has 0 saturated heterocycles. The molecule has 0 bridgehead atoms. The number of rotatable bonds is 15. The smallest absolute Gasteiger partial charge is 0.408 e. The summed E-state index contributed by atoms with van der Waals surface area (Å²) in [6.07, 6.45) is 10.8. The van der Waals surface area contributed by atoms with E-state index in [9.17, 15) is 14.7 Å². The Morgan fingerprint density at radius 3 is 2.33 bits per heavy atom. The lowest BCUT2D eigenvalue weighted by Crippen LogP contribution is -2.44. The normalized spacial score (nSPS) is 15.1. The van der Waals surface area contributed by atoms with Crippen molar-refractivity contribution in [2.45, 2.75) is 104 Å². The van der Waals surface area contributed by atoms with E-state index in [-0.39, 0.29) is 31.8 Å². The lowest BCUT2D eigenvalue weighted by molar-refractivity contribution is -0.145. The van der Waals surface area contributed by atoms with Crippen molar-refractivity contribution >= 4 is 12.1 Å². The Morgan fingerprint density at radius 1 is 1.02 bits per heavy atom. The molecule has 3 atom stereocenters. The van der Waals surface area contributed by atoms with E-state index in [1.807, 2.05) is 43.3 Å². The number of alkyl carbamates (subject to hydrolysis) is 1. The van der Waals surface area contributed by atoms with Crippen molar-refractivity contribution in [3.63, 3.8) is 0 Å². The van der Waals surface area contributed by atoms with Crippen LogP contribution >= 0.6 is 0 Å². The molecule has 3 unspecified atom stereocenters. The molecule has 3 N–H and O–H groups in total. The van der Waals surface area contributed by atoms with E-state index in [2.05, 4.69) is 17.5 Å². The largest absolute Gasteiger partial charge is 0.459 e. The molecular weight excluding hydrogens is 510 g/mol. The molecule has 0 spiro atoms. The Morgan fingerprint density at radius 2 is 1.73 bits per heavy atom. The van der Waals surface area contributed by atoms with Crippen LogP contribution in [-0.2, 0) is 25.6 Å². The first kappa shape index (κ1) is 35.3. The summed E-state index contributed by atoms with van der Waals surface area (Å²) in [5, 5.41) is 19.8. The molecule has 0 fully saturated rings. The predicted octanol–water partition coefficient (Wildman–Crippen LogP) is 5.86. The number of ether oxygens (including phenoxy) is 3. The van der Waals surface area contributed by atoms with Gasteiger partial charge in [0.1, 0.15) is 18.2 Å². The van der Waals surface area contributed by atoms with Crippen molar-refractivity contribution in [3.8, 4) is 0 Å². The quantitative estimate of drug-likeness (QED) is 0.230. The number of aliphatic hydroxyl groups excluding tert-OH is 2. The van der Waals surface area contributed by atoms with E-state index < -0.39 is 23.7 Å². The summed E-state index contributed by atoms with van der Waals surface area (Å²) in [4.78, 5) is 25.3. The summed E-state index contributed by atoms with van der Waals surface area (Å²) in [6.45, 7) is 10.2. The number of carbonyl (C=O) groups is 2. The van der Waals surface area contributed by atoms with Crippen LogP contribution in [0.2, 0.25) is 0 Å². The molecule has 0 aromatic heterocycles. The van der Waals surface area contributed by atoms with Crippen LogP contribution < -0.4 is 5.32 Å². The predicted molar refractivity (Wildman–Crippen MR) is 158 cm³/mol. The summed E-state index contributed by atoms with van der Waals surface area (Å²) in [6, 6.07) is 9.24. The molecule has 1 aliphatic rings. The Balaban J connectivity index is 0.00000254. The lowest BCUT2D eigenvalue weighted by atomic mass is 9.92. The van der Waals surface area contributed by atoms with Gasteiger partial charge in [0, 0.05) is 13.2 Å². The second kappa shape index (κ2) is 20.2. The fraction of sp³-hybridized carbons (Fsp3) is 0.625. The minimum Gasteiger partial charge on any atom is -0.459 e. The Kier molecular flexibility index (Phi) is 17.9. The van der Waals surface area contributed by atoms with Crippen molar-refractivity contribution in [1.29, 1.82) is 0 Å². The molecule has 0 saturated carbocycles. The number of amides is 1. The van der Waals surface area contributed by atoms with Gasteiger partial charge < -0.3 is 29.7 Å². The number of hydrogen-bond acceptors (Lipinski definition) is 7. The number of hydrogen-bond donors (Lipinski definition) is 3. The summed E-state index contributed by atoms with van der Waals surface area (Å²) in [7, 11) is 0. The highest BCUT2D eigenvalue weighted by molar-refractivity contribution is 5.81. The zero-order chi connectivity index (χ0) is 29.8. The van der Waals surface area contributed by atoms with Crippen LogP contribution in [-0.4, -0.2) is 59.8 Å². The van der Waals surface area contributed by atoms with Crippen molar-refractivity contribution in [1.82, 2.24) is 5.32 Å². The molecule has 40 heavy (non-hydrogen) atoms. The fourth-order valence-corrected chi connectivity index (χ4v) is 4.25. The van der Waals surface area contributed by atoms with Gasteiger partial charge in [0.25, 0.3) is 0 Å². The average molecular weight is 562 g/mol. The van der Waals surface area contributed by atoms with Gasteiger partial charge in [-0.1, -0.05) is 61.4 Å². The molecule has 0 radical (unpaired) electrons. The van der Waals surface area contributed by atoms with Crippen LogP contribution in [0.3, 0.4) is 0 Å². The number of esters is 1. The summed E-state index contributed by atoms with van der Waals surface area (Å²) in [5.74, 6) is -0.226. The molecule has 226 valence electrons. The van der Waals surface area contributed by atoms with Crippen LogP contribution in [0.5, 0.6) is 0 Å². The van der Waals surface area contributed by atoms with Crippen molar-refractivity contribution in [3.05, 3.63) is 59.7 Å². The third-order valence-electron chi connectivity index (χ3n) is 6.11. The van der Waals surface area contributed by atoms with Gasteiger partial charge >= 0.3 is 12.1 Å². The van der Waals surface area contributed by atoms with Crippen molar-refractivity contribution in [2.75, 3.05) is 19.8 Å². The first-order valence-electron chi connectivity index (χ1n) is 14.5. The third kappa shape index (κ3) is 17.1. The third-order valence-corrected chi connectivity index (χ3v) is 6.11. The van der Waals surface area contributed by atoms with Crippen LogP contribution in [0, 0.1) is 5.92 Å². The lowest BCUT2D eigenvalue weighted by Gasteiger charge is -2.24. The number of allylic oxidation sites excluding steroid dienone is 2. The summed E-state index contributed by atoms with van der Waals surface area (Å²) >= 11 is 0. The highest BCUT2D eigenvalue weighted by atomic mass is 16.6. The maximum Gasteiger partial charge on any atom is 0.408 e. The second-order valence-electron chi connectivity index (χ2n) is 11.0. The van der Waals surface area contributed by atoms with Crippen LogP contribution in [0.15, 0.2) is 54.1 Å². The summed E-state index contributed by atoms with van der Waals surface area (Å²) < 4.78 is 16.9. The van der Waals surface area contributed by atoms with E-state index in [1.165, 1.54) is 0 Å². The van der Waals surface area contributed by atoms with E-state index in [0.717, 1.165) is 36.8 Å². The van der Waals surface area contributed by atoms with Gasteiger partial charge in [0.2, 0.25) is 0 Å². The molecule has 1 amide bonds. The molecule has 0 heterocycles. The molecule has 1 aliphatic carbocycles. The molecule has 8 heteroatoms. The number of aliphatic hydroxyl groups is 2. The fourth-order valence-electron chi connectivity index (χ4n) is 4.25. The van der Waals surface area contributed by atoms with E-state index in [4.69, 9.17) is 19.3 Å². The monoisotopic (exact) mass is 561 g/mol. The van der Waals surface area contributed by atoms with E-state index in [0.29, 0.717) is 25.9 Å². The van der Waals surface area contributed by atoms with Gasteiger partial charge in [-0.25, -0.2) is 9.59 Å². The molecule has 1 aromatic carbocycles. The number of benzene rings is 1. The van der Waals surface area contributed by atoms with Gasteiger partial charge in [-0.15, -0.1) is 0 Å². The maximum absolute atomic E-state index is 12.9. The van der Waals surface area contributed by atoms with E-state index >= 15 is 0 Å². The maximum atomic E-state index is 12.9. The zero-order valence-electron chi connectivity index (χ0n) is 25.1. The van der Waals surface area contributed by atoms with Gasteiger partial charge in [-0.05, 0) is 83.8 Å². The Bertz CT molecular complexity index is 892. The number of carbonyl (C=O) groups excluding carboxylic acids is 2. The highest BCUT2D eigenvalue weighted by Gasteiger charge is 2.26. The first-order valence-corrected chi connectivity index (χ1v) is 14.5. The topological polar surface area (TPSA) is 114 Å². The minimum absolute atomic E-state index is 0.0363. The molecular formula is C32H51NO7. The first-order chi connectivity index (χ1) is 19.1. The SMILES string of the molecule is CC(CC(CCO)CCCC(NC(=O)OC(C)(C)C)C(=O)OCC1=CCCC=C1)OCc1ccccc1.CCO. The Hall–Kier alpha value is -2.68. The zero-order valence-corrected chi connectivity index (χ0v) is 25.1. The standard InChI is InChI=1S/C30H45NO6.C2H6O/c1-23(35-21-25-12-7-5-8-13-25)20-24(18-19-32)16-11-17-27(31-29(34)37-30(2,3)4)28(33)36-22-26-14-9-6-10-15-26;1-2-3/h5,7-9,12-15,23-24,27,32H,6,10-11,16-22H2,1-4H3,(H,31,34);3H,2H2,1H3.